The minimum absolute atomic E-state index is 0.570. The van der Waals surface area contributed by atoms with Gasteiger partial charge in [0.25, 0.3) is 0 Å². The van der Waals surface area contributed by atoms with Gasteiger partial charge in [-0.25, -0.2) is 0 Å². The Balaban J connectivity index is 1.77. The van der Waals surface area contributed by atoms with E-state index in [1.807, 2.05) is 23.5 Å². The zero-order valence-corrected chi connectivity index (χ0v) is 17.8. The van der Waals surface area contributed by atoms with Crippen LogP contribution in [0.25, 0.3) is 21.9 Å². The fourth-order valence-corrected chi connectivity index (χ4v) is 6.92. The molecule has 2 aliphatic rings. The van der Waals surface area contributed by atoms with Crippen LogP contribution in [0.5, 0.6) is 0 Å². The molecule has 140 valence electrons. The van der Waals surface area contributed by atoms with E-state index in [4.69, 9.17) is 0 Å². The summed E-state index contributed by atoms with van der Waals surface area (Å²) < 4.78 is 0. The summed E-state index contributed by atoms with van der Waals surface area (Å²) in [5.74, 6) is 0. The van der Waals surface area contributed by atoms with Crippen molar-refractivity contribution in [2.45, 2.75) is 33.3 Å². The Labute approximate surface area is 180 Å². The number of fused-ring (bicyclic) bond motifs is 5. The minimum Gasteiger partial charge on any atom is -0.122 e. The van der Waals surface area contributed by atoms with Gasteiger partial charge in [-0.15, -0.1) is 11.8 Å². The lowest BCUT2D eigenvalue weighted by atomic mass is 9.85. The average molecular weight is 409 g/mol. The maximum Gasteiger partial charge on any atom is 0.0201 e. The van der Waals surface area contributed by atoms with E-state index in [9.17, 15) is 0 Å². The van der Waals surface area contributed by atoms with Crippen molar-refractivity contribution in [1.82, 2.24) is 0 Å². The predicted octanol–water partition coefficient (Wildman–Crippen LogP) is 8.15. The van der Waals surface area contributed by atoms with Crippen LogP contribution in [0.15, 0.2) is 99.6 Å². The highest BCUT2D eigenvalue weighted by molar-refractivity contribution is 8.00. The van der Waals surface area contributed by atoms with E-state index < -0.39 is 0 Å². The second-order valence-corrected chi connectivity index (χ2v) is 10.3. The van der Waals surface area contributed by atoms with Crippen molar-refractivity contribution in [3.05, 3.63) is 102 Å². The number of rotatable bonds is 0. The molecule has 0 bridgehead atoms. The van der Waals surface area contributed by atoms with Gasteiger partial charge in [-0.2, -0.15) is 0 Å². The van der Waals surface area contributed by atoms with Gasteiger partial charge < -0.3 is 0 Å². The Hall–Kier alpha value is -2.42. The van der Waals surface area contributed by atoms with Crippen LogP contribution >= 0.6 is 23.5 Å². The van der Waals surface area contributed by atoms with Crippen molar-refractivity contribution in [2.75, 3.05) is 0 Å². The molecule has 2 heteroatoms. The maximum absolute atomic E-state index is 2.36. The molecule has 0 nitrogen and oxygen atoms in total. The standard InChI is InChI=1S/C27H20S2/c1-17-16-22(27-19-9-3-2-8-18(19)14-15-25(27)28-17)26-20-10-4-6-12-23(20)29-24-13-7-5-11-21(24)26/h2-15,17H,16H2,1H3/t17-/m0/s1. The first-order chi connectivity index (χ1) is 14.3. The maximum atomic E-state index is 2.36. The topological polar surface area (TPSA) is 0 Å². The molecule has 0 spiro atoms. The summed E-state index contributed by atoms with van der Waals surface area (Å²) in [4.78, 5) is 4.14. The summed E-state index contributed by atoms with van der Waals surface area (Å²) >= 11 is 3.91. The van der Waals surface area contributed by atoms with Crippen molar-refractivity contribution in [1.29, 1.82) is 0 Å². The van der Waals surface area contributed by atoms with Gasteiger partial charge in [-0.3, -0.25) is 0 Å². The first-order valence-electron chi connectivity index (χ1n) is 10.1. The highest BCUT2D eigenvalue weighted by atomic mass is 32.2. The van der Waals surface area contributed by atoms with E-state index in [2.05, 4.69) is 91.9 Å². The number of benzene rings is 4. The van der Waals surface area contributed by atoms with Crippen LogP contribution in [0.3, 0.4) is 0 Å². The van der Waals surface area contributed by atoms with Crippen LogP contribution < -0.4 is 0 Å². The summed E-state index contributed by atoms with van der Waals surface area (Å²) in [6.07, 6.45) is 1.09. The van der Waals surface area contributed by atoms with Crippen LogP contribution in [-0.2, 0) is 0 Å². The van der Waals surface area contributed by atoms with Crippen LogP contribution in [-0.4, -0.2) is 5.25 Å². The highest BCUT2D eigenvalue weighted by Gasteiger charge is 2.29. The summed E-state index contributed by atoms with van der Waals surface area (Å²) in [5.41, 5.74) is 7.13. The third-order valence-corrected chi connectivity index (χ3v) is 8.16. The second-order valence-electron chi connectivity index (χ2n) is 7.74. The molecular formula is C27H20S2. The minimum atomic E-state index is 0.570. The van der Waals surface area contributed by atoms with E-state index in [0.717, 1.165) is 6.42 Å². The van der Waals surface area contributed by atoms with Gasteiger partial charge in [0, 0.05) is 19.9 Å². The van der Waals surface area contributed by atoms with Crippen LogP contribution in [0.2, 0.25) is 0 Å². The number of hydrogen-bond acceptors (Lipinski definition) is 2. The van der Waals surface area contributed by atoms with Gasteiger partial charge in [-0.1, -0.05) is 85.4 Å². The Kier molecular flexibility index (Phi) is 4.11. The van der Waals surface area contributed by atoms with Crippen LogP contribution in [0.1, 0.15) is 30.0 Å². The normalized spacial score (nSPS) is 17.6. The van der Waals surface area contributed by atoms with E-state index >= 15 is 0 Å². The van der Waals surface area contributed by atoms with Crippen molar-refractivity contribution in [3.8, 4) is 0 Å². The quantitative estimate of drug-likeness (QED) is 0.253. The molecule has 0 fully saturated rings. The summed E-state index contributed by atoms with van der Waals surface area (Å²) in [5, 5.41) is 3.27. The van der Waals surface area contributed by atoms with Gasteiger partial charge in [0.1, 0.15) is 0 Å². The van der Waals surface area contributed by atoms with Gasteiger partial charge in [0.15, 0.2) is 0 Å². The molecule has 0 amide bonds. The predicted molar refractivity (Wildman–Crippen MR) is 127 cm³/mol. The molecule has 4 aromatic rings. The zero-order chi connectivity index (χ0) is 19.4. The number of allylic oxidation sites excluding steroid dienone is 1. The molecule has 0 saturated heterocycles. The van der Waals surface area contributed by atoms with Gasteiger partial charge in [-0.05, 0) is 63.2 Å². The lowest BCUT2D eigenvalue weighted by Gasteiger charge is -2.31. The Bertz CT molecular complexity index is 1250. The molecule has 1 atom stereocenters. The third kappa shape index (κ3) is 2.78. The highest BCUT2D eigenvalue weighted by Crippen LogP contribution is 2.53. The van der Waals surface area contributed by atoms with Crippen LogP contribution in [0.4, 0.5) is 0 Å². The van der Waals surface area contributed by atoms with E-state index in [1.165, 1.54) is 53.3 Å². The van der Waals surface area contributed by atoms with E-state index in [1.54, 1.807) is 0 Å². The van der Waals surface area contributed by atoms with Gasteiger partial charge >= 0.3 is 0 Å². The largest absolute Gasteiger partial charge is 0.122 e. The third-order valence-electron chi connectivity index (χ3n) is 5.85. The molecule has 0 unspecified atom stereocenters. The van der Waals surface area contributed by atoms with E-state index in [-0.39, 0.29) is 0 Å². The van der Waals surface area contributed by atoms with Crippen molar-refractivity contribution < 1.29 is 0 Å². The Morgan fingerprint density at radius 1 is 0.690 bits per heavy atom. The zero-order valence-electron chi connectivity index (χ0n) is 16.2. The molecule has 29 heavy (non-hydrogen) atoms. The lowest BCUT2D eigenvalue weighted by molar-refractivity contribution is 0.975. The van der Waals surface area contributed by atoms with Gasteiger partial charge in [0.05, 0.1) is 0 Å². The molecular weight excluding hydrogens is 388 g/mol. The second kappa shape index (κ2) is 6.83. The first kappa shape index (κ1) is 17.4. The molecule has 2 heterocycles. The molecule has 0 radical (unpaired) electrons. The summed E-state index contributed by atoms with van der Waals surface area (Å²) in [6, 6.07) is 31.3. The fraction of sp³-hybridized carbons (Fsp3) is 0.111. The average Bonchev–Trinajstić information content (AvgIpc) is 2.76. The molecule has 0 saturated carbocycles. The molecule has 0 N–H and O–H groups in total. The van der Waals surface area contributed by atoms with Crippen molar-refractivity contribution in [2.24, 2.45) is 0 Å². The number of thioether (sulfide) groups is 1. The molecule has 0 aliphatic carbocycles. The SMILES string of the molecule is C[C@H]1CC(=C2c3ccccc3Sc3ccccc32)c2c(ccc3ccccc23)S1. The Morgan fingerprint density at radius 2 is 1.34 bits per heavy atom. The summed E-state index contributed by atoms with van der Waals surface area (Å²) in [7, 11) is 0. The summed E-state index contributed by atoms with van der Waals surface area (Å²) in [6.45, 7) is 2.36. The fourth-order valence-electron chi connectivity index (χ4n) is 4.65. The van der Waals surface area contributed by atoms with Crippen molar-refractivity contribution >= 4 is 45.4 Å². The van der Waals surface area contributed by atoms with E-state index in [0.29, 0.717) is 5.25 Å². The first-order valence-corrected chi connectivity index (χ1v) is 11.8. The lowest BCUT2D eigenvalue weighted by Crippen LogP contribution is -2.11. The van der Waals surface area contributed by atoms with Crippen LogP contribution in [0, 0.1) is 0 Å². The smallest absolute Gasteiger partial charge is 0.0201 e. The monoisotopic (exact) mass is 408 g/mol. The molecule has 0 aromatic heterocycles. The molecule has 6 rings (SSSR count). The molecule has 4 aromatic carbocycles. The molecule has 2 aliphatic heterocycles. The van der Waals surface area contributed by atoms with Crippen molar-refractivity contribution in [3.63, 3.8) is 0 Å². The Morgan fingerprint density at radius 3 is 2.10 bits per heavy atom. The number of hydrogen-bond donors (Lipinski definition) is 0. The van der Waals surface area contributed by atoms with Gasteiger partial charge in [0.2, 0.25) is 0 Å².